The molecular formula is C27H33N5O3. The fourth-order valence-electron chi connectivity index (χ4n) is 5.05. The smallest absolute Gasteiger partial charge is 0.251 e. The topological polar surface area (TPSA) is 87.8 Å². The average molecular weight is 476 g/mol. The number of nitrogens with zero attached hydrogens (tertiary/aromatic N) is 3. The minimum atomic E-state index is -0.578. The van der Waals surface area contributed by atoms with Crippen LogP contribution >= 0.6 is 0 Å². The van der Waals surface area contributed by atoms with Gasteiger partial charge in [-0.2, -0.15) is 0 Å². The van der Waals surface area contributed by atoms with Crippen molar-refractivity contribution in [1.29, 1.82) is 0 Å². The van der Waals surface area contributed by atoms with Crippen molar-refractivity contribution in [3.63, 3.8) is 0 Å². The molecular weight excluding hydrogens is 442 g/mol. The molecule has 2 aliphatic rings. The maximum absolute atomic E-state index is 13.9. The molecule has 1 fully saturated rings. The molecule has 0 spiro atoms. The highest BCUT2D eigenvalue weighted by Crippen LogP contribution is 2.32. The van der Waals surface area contributed by atoms with Gasteiger partial charge in [-0.05, 0) is 50.3 Å². The first-order valence-electron chi connectivity index (χ1n) is 12.4. The Labute approximate surface area is 206 Å². The van der Waals surface area contributed by atoms with Gasteiger partial charge in [0.1, 0.15) is 6.04 Å². The normalized spacial score (nSPS) is 17.3. The molecule has 8 heteroatoms. The Hall–Kier alpha value is -3.44. The first-order valence-corrected chi connectivity index (χ1v) is 12.4. The molecule has 2 N–H and O–H groups in total. The molecule has 2 amide bonds. The van der Waals surface area contributed by atoms with Gasteiger partial charge in [0.15, 0.2) is 5.69 Å². The molecule has 1 aromatic carbocycles. The van der Waals surface area contributed by atoms with Crippen LogP contribution < -0.4 is 21.1 Å². The lowest BCUT2D eigenvalue weighted by molar-refractivity contribution is -0.130. The summed E-state index contributed by atoms with van der Waals surface area (Å²) in [5.41, 5.74) is 2.94. The lowest BCUT2D eigenvalue weighted by Gasteiger charge is -2.33. The third-order valence-electron chi connectivity index (χ3n) is 7.28. The molecule has 1 aliphatic carbocycles. The van der Waals surface area contributed by atoms with Crippen LogP contribution in [0, 0.1) is 12.5 Å². The number of hydrogen-bond acceptors (Lipinski definition) is 4. The average Bonchev–Trinajstić information content (AvgIpc) is 3.29. The second kappa shape index (κ2) is 10.9. The Morgan fingerprint density at radius 1 is 1.17 bits per heavy atom. The summed E-state index contributed by atoms with van der Waals surface area (Å²) in [6.45, 7) is 9.74. The number of nitrogens with one attached hydrogen (secondary N) is 2. The molecule has 1 aliphatic heterocycles. The highest BCUT2D eigenvalue weighted by Gasteiger charge is 2.37. The van der Waals surface area contributed by atoms with E-state index in [9.17, 15) is 14.4 Å². The number of rotatable bonds is 7. The van der Waals surface area contributed by atoms with Crippen LogP contribution in [0.3, 0.4) is 0 Å². The summed E-state index contributed by atoms with van der Waals surface area (Å²) in [6, 6.07) is 7.81. The standard InChI is InChI=1S/C27H33N5O3/c1-18(28-2)26(34)30-25(20-7-5-4-6-8-20)27(35)32-14-13-21-15-24(33)31(17-23(21)32)16-19-9-11-22(29-3)12-10-19/h9-12,15,17-18,20,25,28H,4-8,13-14,16H2,1-2H3,(H,30,34)/t18-,25-/m0/s1. The van der Waals surface area contributed by atoms with E-state index in [1.54, 1.807) is 47.8 Å². The SMILES string of the molecule is [C-]#[N+]c1ccc(Cn2cc3c(cc2=O)CCN3C(=O)[C@@H](NC(=O)[C@H](C)NC)C2CCCCC2)cc1. The number of likely N-dealkylation sites (N-methyl/N-ethyl adjacent to an activating group) is 1. The lowest BCUT2D eigenvalue weighted by atomic mass is 9.83. The number of fused-ring (bicyclic) bond motifs is 1. The van der Waals surface area contributed by atoms with Crippen LogP contribution in [-0.2, 0) is 22.6 Å². The summed E-state index contributed by atoms with van der Waals surface area (Å²) in [7, 11) is 1.73. The molecule has 2 aromatic rings. The number of aromatic nitrogens is 1. The molecule has 1 saturated carbocycles. The van der Waals surface area contributed by atoms with E-state index in [-0.39, 0.29) is 29.3 Å². The molecule has 184 valence electrons. The van der Waals surface area contributed by atoms with Crippen LogP contribution in [0.2, 0.25) is 0 Å². The van der Waals surface area contributed by atoms with E-state index in [4.69, 9.17) is 6.57 Å². The van der Waals surface area contributed by atoms with Gasteiger partial charge in [-0.3, -0.25) is 14.4 Å². The van der Waals surface area contributed by atoms with E-state index in [1.807, 2.05) is 12.1 Å². The Morgan fingerprint density at radius 2 is 1.89 bits per heavy atom. The number of amides is 2. The van der Waals surface area contributed by atoms with Gasteiger partial charge in [-0.25, -0.2) is 4.85 Å². The van der Waals surface area contributed by atoms with Gasteiger partial charge in [-0.1, -0.05) is 43.5 Å². The zero-order chi connectivity index (χ0) is 24.9. The summed E-state index contributed by atoms with van der Waals surface area (Å²) in [4.78, 5) is 44.5. The van der Waals surface area contributed by atoms with Crippen LogP contribution in [-0.4, -0.2) is 42.1 Å². The maximum atomic E-state index is 13.9. The van der Waals surface area contributed by atoms with Crippen molar-refractivity contribution in [3.05, 3.63) is 69.4 Å². The van der Waals surface area contributed by atoms with Crippen LogP contribution in [0.25, 0.3) is 4.85 Å². The third kappa shape index (κ3) is 5.46. The maximum Gasteiger partial charge on any atom is 0.251 e. The summed E-state index contributed by atoms with van der Waals surface area (Å²) in [5.74, 6) is -0.164. The van der Waals surface area contributed by atoms with Gasteiger partial charge in [-0.15, -0.1) is 0 Å². The number of pyridine rings is 1. The first-order chi connectivity index (χ1) is 16.9. The van der Waals surface area contributed by atoms with Gasteiger partial charge in [0, 0.05) is 18.8 Å². The predicted octanol–water partition coefficient (Wildman–Crippen LogP) is 3.01. The number of benzene rings is 1. The minimum absolute atomic E-state index is 0.0982. The molecule has 0 radical (unpaired) electrons. The molecule has 2 heterocycles. The van der Waals surface area contributed by atoms with Crippen LogP contribution in [0.1, 0.15) is 50.2 Å². The summed E-state index contributed by atoms with van der Waals surface area (Å²) >= 11 is 0. The van der Waals surface area contributed by atoms with Crippen LogP contribution in [0.5, 0.6) is 0 Å². The number of carbonyl (C=O) groups excluding carboxylic acids is 2. The summed E-state index contributed by atoms with van der Waals surface area (Å²) in [6.07, 6.45) is 7.52. The molecule has 1 aromatic heterocycles. The monoisotopic (exact) mass is 475 g/mol. The third-order valence-corrected chi connectivity index (χ3v) is 7.28. The van der Waals surface area contributed by atoms with Crippen LogP contribution in [0.4, 0.5) is 11.4 Å². The summed E-state index contributed by atoms with van der Waals surface area (Å²) in [5, 5.41) is 5.99. The van der Waals surface area contributed by atoms with Crippen molar-refractivity contribution in [2.45, 2.75) is 64.1 Å². The zero-order valence-electron chi connectivity index (χ0n) is 20.4. The predicted molar refractivity (Wildman–Crippen MR) is 136 cm³/mol. The van der Waals surface area contributed by atoms with Gasteiger partial charge in [0.05, 0.1) is 24.8 Å². The van der Waals surface area contributed by atoms with E-state index >= 15 is 0 Å². The van der Waals surface area contributed by atoms with E-state index in [0.717, 1.165) is 48.9 Å². The molecule has 2 atom stereocenters. The van der Waals surface area contributed by atoms with Crippen molar-refractivity contribution in [1.82, 2.24) is 15.2 Å². The molecule has 0 unspecified atom stereocenters. The molecule has 0 saturated heterocycles. The van der Waals surface area contributed by atoms with Crippen molar-refractivity contribution < 1.29 is 9.59 Å². The quantitative estimate of drug-likeness (QED) is 0.603. The van der Waals surface area contributed by atoms with E-state index in [1.165, 1.54) is 0 Å². The highest BCUT2D eigenvalue weighted by atomic mass is 16.2. The Morgan fingerprint density at radius 3 is 2.54 bits per heavy atom. The van der Waals surface area contributed by atoms with Crippen molar-refractivity contribution in [2.75, 3.05) is 18.5 Å². The van der Waals surface area contributed by atoms with Gasteiger partial charge in [0.2, 0.25) is 11.8 Å². The number of anilines is 1. The number of hydrogen-bond donors (Lipinski definition) is 2. The summed E-state index contributed by atoms with van der Waals surface area (Å²) < 4.78 is 1.61. The molecule has 4 rings (SSSR count). The lowest BCUT2D eigenvalue weighted by Crippen LogP contribution is -2.55. The van der Waals surface area contributed by atoms with E-state index in [2.05, 4.69) is 15.5 Å². The first kappa shape index (κ1) is 24.7. The Bertz CT molecular complexity index is 1170. The fourth-order valence-corrected chi connectivity index (χ4v) is 5.05. The van der Waals surface area contributed by atoms with Crippen molar-refractivity contribution in [2.24, 2.45) is 5.92 Å². The van der Waals surface area contributed by atoms with E-state index in [0.29, 0.717) is 25.2 Å². The van der Waals surface area contributed by atoms with Gasteiger partial charge < -0.3 is 20.1 Å². The second-order valence-corrected chi connectivity index (χ2v) is 9.56. The Kier molecular flexibility index (Phi) is 7.67. The fraction of sp³-hybridized carbons (Fsp3) is 0.481. The van der Waals surface area contributed by atoms with Crippen molar-refractivity contribution >= 4 is 23.2 Å². The van der Waals surface area contributed by atoms with Crippen LogP contribution in [0.15, 0.2) is 41.3 Å². The molecule has 8 nitrogen and oxygen atoms in total. The largest absolute Gasteiger partial charge is 0.343 e. The van der Waals surface area contributed by atoms with E-state index < -0.39 is 6.04 Å². The molecule has 35 heavy (non-hydrogen) atoms. The van der Waals surface area contributed by atoms with Gasteiger partial charge >= 0.3 is 0 Å². The second-order valence-electron chi connectivity index (χ2n) is 9.56. The zero-order valence-corrected chi connectivity index (χ0v) is 20.4. The van der Waals surface area contributed by atoms with Crippen molar-refractivity contribution in [3.8, 4) is 0 Å². The minimum Gasteiger partial charge on any atom is -0.343 e. The van der Waals surface area contributed by atoms with Gasteiger partial charge in [0.25, 0.3) is 5.56 Å². The number of carbonyl (C=O) groups is 2. The highest BCUT2D eigenvalue weighted by molar-refractivity contribution is 6.01. The Balaban J connectivity index is 1.60. The molecule has 0 bridgehead atoms.